The Morgan fingerprint density at radius 3 is 2.62 bits per heavy atom. The van der Waals surface area contributed by atoms with Crippen molar-refractivity contribution in [2.45, 2.75) is 31.7 Å². The highest BCUT2D eigenvalue weighted by atomic mass is 16.5. The highest BCUT2D eigenvalue weighted by Crippen LogP contribution is 2.14. The van der Waals surface area contributed by atoms with Crippen molar-refractivity contribution in [1.82, 2.24) is 10.2 Å². The predicted octanol–water partition coefficient (Wildman–Crippen LogP) is 1.17. The number of amides is 2. The van der Waals surface area contributed by atoms with E-state index in [4.69, 9.17) is 4.74 Å². The summed E-state index contributed by atoms with van der Waals surface area (Å²) >= 11 is 0. The average molecular weight is 331 g/mol. The van der Waals surface area contributed by atoms with Crippen molar-refractivity contribution in [1.29, 1.82) is 0 Å². The summed E-state index contributed by atoms with van der Waals surface area (Å²) in [6.45, 7) is 3.83. The number of hydrogen-bond acceptors (Lipinski definition) is 4. The van der Waals surface area contributed by atoms with Crippen LogP contribution in [0.2, 0.25) is 0 Å². The van der Waals surface area contributed by atoms with Gasteiger partial charge >= 0.3 is 0 Å². The Morgan fingerprint density at radius 2 is 1.96 bits per heavy atom. The van der Waals surface area contributed by atoms with E-state index >= 15 is 0 Å². The van der Waals surface area contributed by atoms with Gasteiger partial charge in [-0.2, -0.15) is 0 Å². The van der Waals surface area contributed by atoms with E-state index in [0.29, 0.717) is 26.1 Å². The van der Waals surface area contributed by atoms with Gasteiger partial charge in [-0.15, -0.1) is 0 Å². The molecule has 0 spiro atoms. The van der Waals surface area contributed by atoms with Gasteiger partial charge in [-0.05, 0) is 30.5 Å². The zero-order valence-corrected chi connectivity index (χ0v) is 13.9. The van der Waals surface area contributed by atoms with Gasteiger partial charge in [0.05, 0.1) is 19.6 Å². The van der Waals surface area contributed by atoms with Gasteiger partial charge in [0.2, 0.25) is 11.8 Å². The van der Waals surface area contributed by atoms with Crippen LogP contribution >= 0.6 is 0 Å². The summed E-state index contributed by atoms with van der Waals surface area (Å²) in [5, 5.41) is 6.16. The number of anilines is 1. The third-order valence-electron chi connectivity index (χ3n) is 4.48. The lowest BCUT2D eigenvalue weighted by atomic mass is 10.1. The molecule has 2 aliphatic rings. The quantitative estimate of drug-likeness (QED) is 0.850. The molecule has 2 amide bonds. The number of hydrogen-bond donors (Lipinski definition) is 2. The van der Waals surface area contributed by atoms with Crippen LogP contribution in [0.3, 0.4) is 0 Å². The van der Waals surface area contributed by atoms with Crippen LogP contribution in [0.15, 0.2) is 24.3 Å². The fraction of sp³-hybridized carbons (Fsp3) is 0.556. The van der Waals surface area contributed by atoms with Crippen LogP contribution in [-0.4, -0.2) is 55.6 Å². The van der Waals surface area contributed by atoms with Gasteiger partial charge in [0.15, 0.2) is 0 Å². The summed E-state index contributed by atoms with van der Waals surface area (Å²) in [6, 6.07) is 7.61. The van der Waals surface area contributed by atoms with Gasteiger partial charge in [0.1, 0.15) is 0 Å². The molecule has 2 N–H and O–H groups in total. The minimum absolute atomic E-state index is 0.0288. The van der Waals surface area contributed by atoms with Gasteiger partial charge in [0.25, 0.3) is 0 Å². The molecule has 0 aromatic heterocycles. The third-order valence-corrected chi connectivity index (χ3v) is 4.48. The summed E-state index contributed by atoms with van der Waals surface area (Å²) in [6.07, 6.45) is 3.04. The topological polar surface area (TPSA) is 70.7 Å². The van der Waals surface area contributed by atoms with Crippen LogP contribution < -0.4 is 10.6 Å². The third kappa shape index (κ3) is 4.79. The lowest BCUT2D eigenvalue weighted by Crippen LogP contribution is -2.43. The number of likely N-dealkylation sites (tertiary alicyclic amines) is 1. The van der Waals surface area contributed by atoms with Crippen molar-refractivity contribution in [3.05, 3.63) is 29.8 Å². The molecule has 2 aliphatic heterocycles. The first-order valence-electron chi connectivity index (χ1n) is 8.68. The molecular weight excluding hydrogens is 306 g/mol. The Balaban J connectivity index is 1.46. The molecule has 130 valence electrons. The maximum atomic E-state index is 12.1. The van der Waals surface area contributed by atoms with E-state index in [0.717, 1.165) is 43.7 Å². The molecule has 1 atom stereocenters. The summed E-state index contributed by atoms with van der Waals surface area (Å²) < 4.78 is 5.35. The summed E-state index contributed by atoms with van der Waals surface area (Å²) in [5.74, 6) is 0.159. The molecule has 0 aliphatic carbocycles. The number of morpholine rings is 1. The second kappa shape index (κ2) is 8.26. The number of ether oxygens (including phenoxy) is 1. The van der Waals surface area contributed by atoms with E-state index in [1.807, 2.05) is 29.2 Å². The van der Waals surface area contributed by atoms with Gasteiger partial charge in [0, 0.05) is 37.8 Å². The number of carbonyl (C=O) groups is 2. The Bertz CT molecular complexity index is 561. The Hall–Kier alpha value is -1.92. The van der Waals surface area contributed by atoms with Gasteiger partial charge in [-0.3, -0.25) is 9.59 Å². The van der Waals surface area contributed by atoms with Crippen LogP contribution in [0, 0.1) is 0 Å². The van der Waals surface area contributed by atoms with E-state index in [2.05, 4.69) is 10.6 Å². The normalized spacial score (nSPS) is 20.8. The van der Waals surface area contributed by atoms with E-state index in [1.54, 1.807) is 0 Å². The van der Waals surface area contributed by atoms with Crippen molar-refractivity contribution >= 4 is 17.5 Å². The van der Waals surface area contributed by atoms with E-state index in [-0.39, 0.29) is 17.9 Å². The number of rotatable bonds is 5. The maximum absolute atomic E-state index is 12.1. The molecule has 1 aromatic rings. The van der Waals surface area contributed by atoms with Crippen LogP contribution in [0.4, 0.5) is 5.69 Å². The number of nitrogens with one attached hydrogen (secondary N) is 2. The highest BCUT2D eigenvalue weighted by Gasteiger charge is 2.18. The van der Waals surface area contributed by atoms with E-state index < -0.39 is 0 Å². The molecule has 2 fully saturated rings. The molecule has 6 nitrogen and oxygen atoms in total. The zero-order valence-electron chi connectivity index (χ0n) is 13.9. The number of carbonyl (C=O) groups excluding carboxylic acids is 2. The summed E-state index contributed by atoms with van der Waals surface area (Å²) in [7, 11) is 0. The molecule has 6 heteroatoms. The lowest BCUT2D eigenvalue weighted by Gasteiger charge is -2.23. The SMILES string of the molecule is O=C(CC1COCCN1)Nc1ccc(CC(=O)N2CCCC2)cc1. The smallest absolute Gasteiger partial charge is 0.226 e. The maximum Gasteiger partial charge on any atom is 0.226 e. The lowest BCUT2D eigenvalue weighted by molar-refractivity contribution is -0.129. The fourth-order valence-corrected chi connectivity index (χ4v) is 3.15. The standard InChI is InChI=1S/C18H25N3O3/c22-17(12-16-13-24-10-7-19-16)20-15-5-3-14(4-6-15)11-18(23)21-8-1-2-9-21/h3-6,16,19H,1-2,7-13H2,(H,20,22). The highest BCUT2D eigenvalue weighted by molar-refractivity contribution is 5.91. The first kappa shape index (κ1) is 16.9. The molecule has 1 aromatic carbocycles. The van der Waals surface area contributed by atoms with Gasteiger partial charge in [-0.1, -0.05) is 12.1 Å². The Morgan fingerprint density at radius 1 is 1.21 bits per heavy atom. The monoisotopic (exact) mass is 331 g/mol. The van der Waals surface area contributed by atoms with Gasteiger partial charge < -0.3 is 20.3 Å². The Kier molecular flexibility index (Phi) is 5.82. The van der Waals surface area contributed by atoms with Gasteiger partial charge in [-0.25, -0.2) is 0 Å². The Labute approximate surface area is 142 Å². The first-order valence-corrected chi connectivity index (χ1v) is 8.68. The van der Waals surface area contributed by atoms with Crippen molar-refractivity contribution < 1.29 is 14.3 Å². The average Bonchev–Trinajstić information content (AvgIpc) is 3.12. The predicted molar refractivity (Wildman–Crippen MR) is 91.8 cm³/mol. The van der Waals surface area contributed by atoms with E-state index in [1.165, 1.54) is 0 Å². The molecule has 24 heavy (non-hydrogen) atoms. The number of benzene rings is 1. The molecule has 3 rings (SSSR count). The molecule has 0 bridgehead atoms. The minimum atomic E-state index is -0.0288. The summed E-state index contributed by atoms with van der Waals surface area (Å²) in [5.41, 5.74) is 1.74. The van der Waals surface area contributed by atoms with E-state index in [9.17, 15) is 9.59 Å². The molecular formula is C18H25N3O3. The zero-order chi connectivity index (χ0) is 16.8. The number of nitrogens with zero attached hydrogens (tertiary/aromatic N) is 1. The fourth-order valence-electron chi connectivity index (χ4n) is 3.15. The first-order chi connectivity index (χ1) is 11.7. The molecule has 0 radical (unpaired) electrons. The van der Waals surface area contributed by atoms with Crippen LogP contribution in [0.5, 0.6) is 0 Å². The largest absolute Gasteiger partial charge is 0.378 e. The molecule has 1 unspecified atom stereocenters. The van der Waals surface area contributed by atoms with Crippen molar-refractivity contribution in [3.8, 4) is 0 Å². The molecule has 2 heterocycles. The molecule has 2 saturated heterocycles. The van der Waals surface area contributed by atoms with Crippen molar-refractivity contribution in [2.75, 3.05) is 38.2 Å². The molecule has 0 saturated carbocycles. The van der Waals surface area contributed by atoms with Crippen molar-refractivity contribution in [2.24, 2.45) is 0 Å². The van der Waals surface area contributed by atoms with Crippen LogP contribution in [-0.2, 0) is 20.7 Å². The second-order valence-electron chi connectivity index (χ2n) is 6.44. The van der Waals surface area contributed by atoms with Crippen molar-refractivity contribution in [3.63, 3.8) is 0 Å². The summed E-state index contributed by atoms with van der Waals surface area (Å²) in [4.78, 5) is 26.1. The van der Waals surface area contributed by atoms with Crippen LogP contribution in [0.25, 0.3) is 0 Å². The van der Waals surface area contributed by atoms with Crippen LogP contribution in [0.1, 0.15) is 24.8 Å². The second-order valence-corrected chi connectivity index (χ2v) is 6.44. The minimum Gasteiger partial charge on any atom is -0.378 e.